The number of nitrogens with zero attached hydrogens (tertiary/aromatic N) is 1. The van der Waals surface area contributed by atoms with Crippen LogP contribution in [0.3, 0.4) is 0 Å². The molecule has 1 heterocycles. The molecule has 2 amide bonds. The Balaban J connectivity index is 1.52. The maximum atomic E-state index is 12.5. The average Bonchev–Trinajstić information content (AvgIpc) is 2.78. The second-order valence-electron chi connectivity index (χ2n) is 6.88. The van der Waals surface area contributed by atoms with Crippen molar-refractivity contribution in [2.45, 2.75) is 18.9 Å². The highest BCUT2D eigenvalue weighted by molar-refractivity contribution is 5.94. The van der Waals surface area contributed by atoms with E-state index >= 15 is 0 Å². The molecule has 0 aliphatic carbocycles. The Morgan fingerprint density at radius 3 is 2.41 bits per heavy atom. The number of rotatable bonds is 6. The van der Waals surface area contributed by atoms with E-state index in [1.807, 2.05) is 30.3 Å². The van der Waals surface area contributed by atoms with Gasteiger partial charge in [0.1, 0.15) is 11.5 Å². The maximum Gasteiger partial charge on any atom is 0.251 e. The fraction of sp³-hybridized carbons (Fsp3) is 0.304. The van der Waals surface area contributed by atoms with Crippen molar-refractivity contribution in [3.05, 3.63) is 65.7 Å². The molecule has 0 atom stereocenters. The number of likely N-dealkylation sites (tertiary alicyclic amines) is 1. The maximum absolute atomic E-state index is 12.5. The number of carbonyl (C=O) groups is 2. The number of methoxy groups -OCH3 is 2. The second-order valence-corrected chi connectivity index (χ2v) is 6.88. The van der Waals surface area contributed by atoms with Crippen molar-refractivity contribution < 1.29 is 19.1 Å². The first kappa shape index (κ1) is 20.5. The van der Waals surface area contributed by atoms with Gasteiger partial charge in [-0.3, -0.25) is 9.59 Å². The minimum atomic E-state index is -0.0677. The topological polar surface area (TPSA) is 67.9 Å². The minimum absolute atomic E-state index is 0.0456. The van der Waals surface area contributed by atoms with Gasteiger partial charge in [0.15, 0.2) is 0 Å². The summed E-state index contributed by atoms with van der Waals surface area (Å²) in [6.45, 7) is 1.23. The number of nitrogens with one attached hydrogen (secondary N) is 1. The third-order valence-electron chi connectivity index (χ3n) is 5.02. The Kier molecular flexibility index (Phi) is 6.89. The molecule has 2 aromatic carbocycles. The zero-order valence-corrected chi connectivity index (χ0v) is 16.8. The Hall–Kier alpha value is -3.28. The van der Waals surface area contributed by atoms with E-state index in [1.54, 1.807) is 49.5 Å². The van der Waals surface area contributed by atoms with Crippen LogP contribution in [0.2, 0.25) is 0 Å². The smallest absolute Gasteiger partial charge is 0.251 e. The summed E-state index contributed by atoms with van der Waals surface area (Å²) in [6, 6.07) is 14.7. The van der Waals surface area contributed by atoms with E-state index in [0.29, 0.717) is 30.2 Å². The first-order valence-electron chi connectivity index (χ1n) is 9.65. The molecule has 1 saturated heterocycles. The van der Waals surface area contributed by atoms with Gasteiger partial charge < -0.3 is 19.7 Å². The summed E-state index contributed by atoms with van der Waals surface area (Å²) in [5, 5.41) is 3.06. The lowest BCUT2D eigenvalue weighted by molar-refractivity contribution is -0.126. The number of carbonyl (C=O) groups excluding carboxylic acids is 2. The van der Waals surface area contributed by atoms with Crippen molar-refractivity contribution in [1.82, 2.24) is 10.2 Å². The number of hydrogen-bond acceptors (Lipinski definition) is 4. The lowest BCUT2D eigenvalue weighted by atomic mass is 10.0. The van der Waals surface area contributed by atoms with Crippen molar-refractivity contribution in [1.29, 1.82) is 0 Å². The second kappa shape index (κ2) is 9.78. The molecule has 0 spiro atoms. The molecule has 0 aromatic heterocycles. The molecule has 6 heteroatoms. The number of benzene rings is 2. The van der Waals surface area contributed by atoms with E-state index in [4.69, 9.17) is 9.47 Å². The molecule has 2 aromatic rings. The van der Waals surface area contributed by atoms with Crippen molar-refractivity contribution in [2.24, 2.45) is 0 Å². The van der Waals surface area contributed by atoms with Gasteiger partial charge in [0.05, 0.1) is 14.2 Å². The van der Waals surface area contributed by atoms with Gasteiger partial charge in [-0.1, -0.05) is 18.2 Å². The Labute approximate surface area is 171 Å². The Morgan fingerprint density at radius 2 is 1.76 bits per heavy atom. The Bertz CT molecular complexity index is 872. The third-order valence-corrected chi connectivity index (χ3v) is 5.02. The molecule has 1 aliphatic rings. The fourth-order valence-corrected chi connectivity index (χ4v) is 3.33. The zero-order chi connectivity index (χ0) is 20.6. The molecule has 0 unspecified atom stereocenters. The monoisotopic (exact) mass is 394 g/mol. The van der Waals surface area contributed by atoms with Crippen LogP contribution in [0.4, 0.5) is 0 Å². The lowest BCUT2D eigenvalue weighted by Gasteiger charge is -2.31. The highest BCUT2D eigenvalue weighted by Gasteiger charge is 2.23. The van der Waals surface area contributed by atoms with E-state index in [2.05, 4.69) is 5.32 Å². The van der Waals surface area contributed by atoms with Crippen LogP contribution in [0, 0.1) is 0 Å². The van der Waals surface area contributed by atoms with E-state index in [1.165, 1.54) is 0 Å². The standard InChI is InChI=1S/C23H26N2O4/c1-28-20-10-8-17(21(16-20)29-2)9-11-22(26)25-14-12-19(13-15-25)24-23(27)18-6-4-3-5-7-18/h3-11,16,19H,12-15H2,1-2H3,(H,24,27). The highest BCUT2D eigenvalue weighted by atomic mass is 16.5. The molecule has 0 saturated carbocycles. The van der Waals surface area contributed by atoms with Crippen LogP contribution in [0.15, 0.2) is 54.6 Å². The van der Waals surface area contributed by atoms with Gasteiger partial charge in [0, 0.05) is 42.4 Å². The van der Waals surface area contributed by atoms with Crippen molar-refractivity contribution in [2.75, 3.05) is 27.3 Å². The van der Waals surface area contributed by atoms with E-state index in [-0.39, 0.29) is 17.9 Å². The zero-order valence-electron chi connectivity index (χ0n) is 16.8. The molecule has 29 heavy (non-hydrogen) atoms. The van der Waals surface area contributed by atoms with Gasteiger partial charge in [-0.05, 0) is 43.2 Å². The summed E-state index contributed by atoms with van der Waals surface area (Å²) in [5.41, 5.74) is 1.47. The summed E-state index contributed by atoms with van der Waals surface area (Å²) >= 11 is 0. The molecule has 1 fully saturated rings. The summed E-state index contributed by atoms with van der Waals surface area (Å²) < 4.78 is 10.5. The molecule has 1 N–H and O–H groups in total. The summed E-state index contributed by atoms with van der Waals surface area (Å²) in [6.07, 6.45) is 4.80. The van der Waals surface area contributed by atoms with Crippen LogP contribution in [0.5, 0.6) is 11.5 Å². The molecular formula is C23H26N2O4. The highest BCUT2D eigenvalue weighted by Crippen LogP contribution is 2.25. The molecule has 152 valence electrons. The van der Waals surface area contributed by atoms with Gasteiger partial charge >= 0.3 is 0 Å². The normalized spacial score (nSPS) is 14.6. The first-order valence-corrected chi connectivity index (χ1v) is 9.65. The van der Waals surface area contributed by atoms with Crippen LogP contribution in [-0.2, 0) is 4.79 Å². The van der Waals surface area contributed by atoms with E-state index < -0.39 is 0 Å². The van der Waals surface area contributed by atoms with Crippen LogP contribution in [0.25, 0.3) is 6.08 Å². The molecular weight excluding hydrogens is 368 g/mol. The summed E-state index contributed by atoms with van der Waals surface area (Å²) in [4.78, 5) is 26.6. The van der Waals surface area contributed by atoms with E-state index in [9.17, 15) is 9.59 Å². The number of ether oxygens (including phenoxy) is 2. The van der Waals surface area contributed by atoms with Crippen LogP contribution < -0.4 is 14.8 Å². The van der Waals surface area contributed by atoms with Crippen molar-refractivity contribution in [3.8, 4) is 11.5 Å². The van der Waals surface area contributed by atoms with Gasteiger partial charge in [0.25, 0.3) is 5.91 Å². The molecule has 0 bridgehead atoms. The number of piperidine rings is 1. The number of hydrogen-bond donors (Lipinski definition) is 1. The fourth-order valence-electron chi connectivity index (χ4n) is 3.33. The Morgan fingerprint density at radius 1 is 1.03 bits per heavy atom. The quantitative estimate of drug-likeness (QED) is 0.765. The molecule has 3 rings (SSSR count). The predicted octanol–water partition coefficient (Wildman–Crippen LogP) is 3.14. The predicted molar refractivity (Wildman–Crippen MR) is 112 cm³/mol. The van der Waals surface area contributed by atoms with Gasteiger partial charge in [-0.15, -0.1) is 0 Å². The average molecular weight is 394 g/mol. The van der Waals surface area contributed by atoms with Gasteiger partial charge in [-0.25, -0.2) is 0 Å². The van der Waals surface area contributed by atoms with E-state index in [0.717, 1.165) is 18.4 Å². The first-order chi connectivity index (χ1) is 14.1. The largest absolute Gasteiger partial charge is 0.497 e. The van der Waals surface area contributed by atoms with Crippen LogP contribution in [0.1, 0.15) is 28.8 Å². The summed E-state index contributed by atoms with van der Waals surface area (Å²) in [7, 11) is 3.18. The number of amides is 2. The van der Waals surface area contributed by atoms with Crippen LogP contribution >= 0.6 is 0 Å². The lowest BCUT2D eigenvalue weighted by Crippen LogP contribution is -2.46. The van der Waals surface area contributed by atoms with Crippen molar-refractivity contribution >= 4 is 17.9 Å². The van der Waals surface area contributed by atoms with Gasteiger partial charge in [-0.2, -0.15) is 0 Å². The van der Waals surface area contributed by atoms with Crippen LogP contribution in [-0.4, -0.2) is 50.1 Å². The van der Waals surface area contributed by atoms with Gasteiger partial charge in [0.2, 0.25) is 5.91 Å². The molecule has 6 nitrogen and oxygen atoms in total. The summed E-state index contributed by atoms with van der Waals surface area (Å²) in [5.74, 6) is 1.23. The molecule has 0 radical (unpaired) electrons. The molecule has 1 aliphatic heterocycles. The minimum Gasteiger partial charge on any atom is -0.497 e. The SMILES string of the molecule is COc1ccc(C=CC(=O)N2CCC(NC(=O)c3ccccc3)CC2)c(OC)c1. The van der Waals surface area contributed by atoms with Crippen molar-refractivity contribution in [3.63, 3.8) is 0 Å². The third kappa shape index (κ3) is 5.38.